The van der Waals surface area contributed by atoms with Crippen LogP contribution in [0.5, 0.6) is 17.2 Å². The molecule has 1 aliphatic heterocycles. The molecule has 1 atom stereocenters. The van der Waals surface area contributed by atoms with E-state index in [1.807, 2.05) is 42.2 Å². The van der Waals surface area contributed by atoms with Crippen LogP contribution in [0.25, 0.3) is 6.08 Å². The van der Waals surface area contributed by atoms with E-state index in [9.17, 15) is 9.18 Å². The van der Waals surface area contributed by atoms with Crippen molar-refractivity contribution in [1.29, 1.82) is 0 Å². The quantitative estimate of drug-likeness (QED) is 0.300. The number of methoxy groups -OCH3 is 3. The number of hydrogen-bond donors (Lipinski definition) is 0. The lowest BCUT2D eigenvalue weighted by Crippen LogP contribution is -2.43. The predicted molar refractivity (Wildman–Crippen MR) is 152 cm³/mol. The number of carbonyl (C=O) groups is 1. The molecule has 1 saturated heterocycles. The molecular formula is C32H37FN2O4. The van der Waals surface area contributed by atoms with Crippen LogP contribution >= 0.6 is 0 Å². The Kier molecular flexibility index (Phi) is 9.60. The number of rotatable bonds is 11. The molecule has 0 radical (unpaired) electrons. The highest BCUT2D eigenvalue weighted by Crippen LogP contribution is 2.38. The number of benzene rings is 3. The van der Waals surface area contributed by atoms with Crippen molar-refractivity contribution in [2.75, 3.05) is 41.0 Å². The van der Waals surface area contributed by atoms with Crippen LogP contribution in [0, 0.1) is 5.82 Å². The number of hydrogen-bond acceptors (Lipinski definition) is 5. The van der Waals surface area contributed by atoms with Gasteiger partial charge in [-0.25, -0.2) is 4.39 Å². The van der Waals surface area contributed by atoms with Crippen LogP contribution in [0.15, 0.2) is 72.3 Å². The minimum Gasteiger partial charge on any atom is -0.493 e. The summed E-state index contributed by atoms with van der Waals surface area (Å²) in [7, 11) is 4.63. The molecule has 0 N–H and O–H groups in total. The van der Waals surface area contributed by atoms with Crippen molar-refractivity contribution in [3.63, 3.8) is 0 Å². The lowest BCUT2D eigenvalue weighted by molar-refractivity contribution is 0.0718. The molecule has 4 rings (SSSR count). The molecule has 0 saturated carbocycles. The fourth-order valence-electron chi connectivity index (χ4n) is 5.18. The lowest BCUT2D eigenvalue weighted by atomic mass is 10.1. The Hall–Kier alpha value is -3.84. The summed E-state index contributed by atoms with van der Waals surface area (Å²) in [6.45, 7) is 4.75. The number of amides is 1. The van der Waals surface area contributed by atoms with Gasteiger partial charge in [0.1, 0.15) is 5.82 Å². The highest BCUT2D eigenvalue weighted by molar-refractivity contribution is 5.96. The molecule has 0 bridgehead atoms. The summed E-state index contributed by atoms with van der Waals surface area (Å²) in [5.74, 6) is 0.985. The number of carbonyl (C=O) groups excluding carboxylic acids is 1. The molecule has 1 unspecified atom stereocenters. The van der Waals surface area contributed by atoms with Gasteiger partial charge in [-0.2, -0.15) is 0 Å². The molecule has 1 aliphatic rings. The summed E-state index contributed by atoms with van der Waals surface area (Å²) in [5.41, 5.74) is 3.70. The van der Waals surface area contributed by atoms with Gasteiger partial charge in [-0.3, -0.25) is 9.69 Å². The Morgan fingerprint density at radius 1 is 1.00 bits per heavy atom. The van der Waals surface area contributed by atoms with Crippen molar-refractivity contribution in [3.05, 3.63) is 94.8 Å². The molecular weight excluding hydrogens is 495 g/mol. The van der Waals surface area contributed by atoms with Gasteiger partial charge in [0.05, 0.1) is 21.3 Å². The summed E-state index contributed by atoms with van der Waals surface area (Å²) < 4.78 is 29.9. The monoisotopic (exact) mass is 532 g/mol. The van der Waals surface area contributed by atoms with Gasteiger partial charge in [-0.15, -0.1) is 0 Å². The van der Waals surface area contributed by atoms with Crippen molar-refractivity contribution in [1.82, 2.24) is 9.80 Å². The summed E-state index contributed by atoms with van der Waals surface area (Å²) in [6.07, 6.45) is 4.15. The first-order valence-corrected chi connectivity index (χ1v) is 13.2. The Morgan fingerprint density at radius 2 is 1.67 bits per heavy atom. The molecule has 0 aliphatic carbocycles. The van der Waals surface area contributed by atoms with Gasteiger partial charge >= 0.3 is 0 Å². The summed E-state index contributed by atoms with van der Waals surface area (Å²) in [5, 5.41) is 0. The SMILES string of the molecule is COc1cc(C(=O)N(C/C(C)=C/c2ccccc2)CC2CCCN2Cc2ccc(F)cc2)cc(OC)c1OC. The molecule has 206 valence electrons. The maximum absolute atomic E-state index is 14.0. The fourth-order valence-corrected chi connectivity index (χ4v) is 5.18. The minimum absolute atomic E-state index is 0.108. The fraction of sp³-hybridized carbons (Fsp3) is 0.344. The van der Waals surface area contributed by atoms with Crippen LogP contribution in [-0.4, -0.2) is 62.7 Å². The normalized spacial score (nSPS) is 15.7. The summed E-state index contributed by atoms with van der Waals surface area (Å²) in [4.78, 5) is 18.3. The summed E-state index contributed by atoms with van der Waals surface area (Å²) in [6, 6.07) is 20.4. The first-order valence-electron chi connectivity index (χ1n) is 13.2. The van der Waals surface area contributed by atoms with E-state index < -0.39 is 0 Å². The second-order valence-electron chi connectivity index (χ2n) is 9.89. The number of nitrogens with zero attached hydrogens (tertiary/aromatic N) is 2. The van der Waals surface area contributed by atoms with Gasteiger partial charge in [0.25, 0.3) is 5.91 Å². The predicted octanol–water partition coefficient (Wildman–Crippen LogP) is 6.06. The Labute approximate surface area is 230 Å². The third-order valence-electron chi connectivity index (χ3n) is 7.08. The maximum atomic E-state index is 14.0. The van der Waals surface area contributed by atoms with Crippen molar-refractivity contribution in [2.45, 2.75) is 32.4 Å². The molecule has 39 heavy (non-hydrogen) atoms. The Morgan fingerprint density at radius 3 is 2.28 bits per heavy atom. The van der Waals surface area contributed by atoms with Gasteiger partial charge in [0.2, 0.25) is 5.75 Å². The topological polar surface area (TPSA) is 51.2 Å². The van der Waals surface area contributed by atoms with Gasteiger partial charge in [0, 0.05) is 31.2 Å². The zero-order chi connectivity index (χ0) is 27.8. The Bertz CT molecular complexity index is 1250. The third kappa shape index (κ3) is 7.18. The van der Waals surface area contributed by atoms with Crippen LogP contribution in [0.3, 0.4) is 0 Å². The number of likely N-dealkylation sites (tertiary alicyclic amines) is 1. The molecule has 1 amide bonds. The van der Waals surface area contributed by atoms with E-state index in [1.54, 1.807) is 33.5 Å². The van der Waals surface area contributed by atoms with Crippen LogP contribution in [0.1, 0.15) is 41.3 Å². The first kappa shape index (κ1) is 28.2. The van der Waals surface area contributed by atoms with Crippen molar-refractivity contribution >= 4 is 12.0 Å². The highest BCUT2D eigenvalue weighted by atomic mass is 19.1. The largest absolute Gasteiger partial charge is 0.493 e. The zero-order valence-electron chi connectivity index (χ0n) is 23.2. The minimum atomic E-state index is -0.237. The zero-order valence-corrected chi connectivity index (χ0v) is 23.2. The smallest absolute Gasteiger partial charge is 0.254 e. The molecule has 3 aromatic rings. The molecule has 3 aromatic carbocycles. The molecule has 0 aromatic heterocycles. The van der Waals surface area contributed by atoms with Gasteiger partial charge in [-0.05, 0) is 61.7 Å². The lowest BCUT2D eigenvalue weighted by Gasteiger charge is -2.31. The van der Waals surface area contributed by atoms with Gasteiger partial charge < -0.3 is 19.1 Å². The third-order valence-corrected chi connectivity index (χ3v) is 7.08. The van der Waals surface area contributed by atoms with Crippen LogP contribution in [0.2, 0.25) is 0 Å². The van der Waals surface area contributed by atoms with Gasteiger partial charge in [-0.1, -0.05) is 54.1 Å². The number of ether oxygens (including phenoxy) is 3. The van der Waals surface area contributed by atoms with Crippen LogP contribution in [-0.2, 0) is 6.54 Å². The Balaban J connectivity index is 1.62. The van der Waals surface area contributed by atoms with Crippen molar-refractivity contribution < 1.29 is 23.4 Å². The number of halogens is 1. The average molecular weight is 533 g/mol. The first-order chi connectivity index (χ1) is 18.9. The van der Waals surface area contributed by atoms with E-state index in [4.69, 9.17) is 14.2 Å². The molecule has 7 heteroatoms. The standard InChI is InChI=1S/C32H37FN2O4/c1-23(17-24-9-6-5-7-10-24)20-35(32(36)26-18-29(37-2)31(39-4)30(19-26)38-3)22-28-11-8-16-34(28)21-25-12-14-27(33)15-13-25/h5-7,9-10,12-15,17-19,28H,8,11,16,20-22H2,1-4H3/b23-17+. The second-order valence-corrected chi connectivity index (χ2v) is 9.89. The van der Waals surface area contributed by atoms with E-state index in [0.717, 1.165) is 42.6 Å². The molecule has 6 nitrogen and oxygen atoms in total. The van der Waals surface area contributed by atoms with Crippen molar-refractivity contribution in [2.24, 2.45) is 0 Å². The van der Waals surface area contributed by atoms with Crippen LogP contribution < -0.4 is 14.2 Å². The highest BCUT2D eigenvalue weighted by Gasteiger charge is 2.30. The van der Waals surface area contributed by atoms with E-state index in [1.165, 1.54) is 12.1 Å². The molecule has 0 spiro atoms. The summed E-state index contributed by atoms with van der Waals surface area (Å²) >= 11 is 0. The average Bonchev–Trinajstić information content (AvgIpc) is 3.39. The van der Waals surface area contributed by atoms with Gasteiger partial charge in [0.15, 0.2) is 11.5 Å². The molecule has 1 heterocycles. The van der Waals surface area contributed by atoms with E-state index >= 15 is 0 Å². The molecule has 1 fully saturated rings. The van der Waals surface area contributed by atoms with Crippen LogP contribution in [0.4, 0.5) is 4.39 Å². The van der Waals surface area contributed by atoms with Crippen molar-refractivity contribution in [3.8, 4) is 17.2 Å². The van der Waals surface area contributed by atoms with E-state index in [-0.39, 0.29) is 17.8 Å². The van der Waals surface area contributed by atoms with E-state index in [2.05, 4.69) is 23.1 Å². The second kappa shape index (κ2) is 13.3. The maximum Gasteiger partial charge on any atom is 0.254 e. The van der Waals surface area contributed by atoms with E-state index in [0.29, 0.717) is 35.9 Å².